The van der Waals surface area contributed by atoms with Crippen LogP contribution in [0, 0.1) is 0 Å². The summed E-state index contributed by atoms with van der Waals surface area (Å²) in [5, 5.41) is 8.29. The van der Waals surface area contributed by atoms with Gasteiger partial charge in [0.2, 0.25) is 0 Å². The first-order chi connectivity index (χ1) is 5.29. The van der Waals surface area contributed by atoms with Crippen LogP contribution in [0.25, 0.3) is 0 Å². The molecule has 0 radical (unpaired) electrons. The van der Waals surface area contributed by atoms with Crippen molar-refractivity contribution in [1.82, 2.24) is 8.75 Å². The molecule has 1 aromatic rings. The van der Waals surface area contributed by atoms with E-state index in [1.54, 1.807) is 6.20 Å². The zero-order valence-electron chi connectivity index (χ0n) is 5.56. The van der Waals surface area contributed by atoms with E-state index in [-0.39, 0.29) is 5.75 Å². The van der Waals surface area contributed by atoms with Crippen LogP contribution in [-0.4, -0.2) is 25.6 Å². The molecular weight excluding hydrogens is 184 g/mol. The molecule has 0 saturated carbocycles. The van der Waals surface area contributed by atoms with Gasteiger partial charge in [-0.25, -0.2) is 0 Å². The summed E-state index contributed by atoms with van der Waals surface area (Å²) in [5.41, 5.74) is 0.848. The van der Waals surface area contributed by atoms with Gasteiger partial charge in [0.15, 0.2) is 0 Å². The summed E-state index contributed by atoms with van der Waals surface area (Å²) in [4.78, 5) is 10.1. The Morgan fingerprint density at radius 2 is 2.64 bits per heavy atom. The molecule has 0 unspecified atom stereocenters. The van der Waals surface area contributed by atoms with Crippen molar-refractivity contribution >= 4 is 29.5 Å². The van der Waals surface area contributed by atoms with E-state index in [2.05, 4.69) is 8.75 Å². The number of rotatable bonds is 4. The Bertz CT molecular complexity index is 224. The van der Waals surface area contributed by atoms with Crippen LogP contribution in [0.1, 0.15) is 5.69 Å². The van der Waals surface area contributed by atoms with E-state index in [9.17, 15) is 4.79 Å². The van der Waals surface area contributed by atoms with Gasteiger partial charge in [0.05, 0.1) is 29.4 Å². The second-order valence-electron chi connectivity index (χ2n) is 1.79. The third-order valence-electron chi connectivity index (χ3n) is 0.882. The second-order valence-corrected chi connectivity index (χ2v) is 3.33. The lowest BCUT2D eigenvalue weighted by Crippen LogP contribution is -1.98. The Labute approximate surface area is 72.0 Å². The van der Waals surface area contributed by atoms with Gasteiger partial charge in [-0.05, 0) is 0 Å². The highest BCUT2D eigenvalue weighted by atomic mass is 32.2. The normalized spacial score (nSPS) is 9.82. The number of carboxylic acid groups (broad SMARTS) is 1. The van der Waals surface area contributed by atoms with Crippen molar-refractivity contribution in [3.8, 4) is 0 Å². The number of carbonyl (C=O) groups is 1. The Morgan fingerprint density at radius 3 is 3.18 bits per heavy atom. The molecule has 1 N–H and O–H groups in total. The monoisotopic (exact) mass is 190 g/mol. The molecular formula is C5H6N2O2S2. The lowest BCUT2D eigenvalue weighted by atomic mass is 10.6. The quantitative estimate of drug-likeness (QED) is 0.762. The first kappa shape index (κ1) is 8.48. The average molecular weight is 190 g/mol. The van der Waals surface area contributed by atoms with Crippen LogP contribution in [0.4, 0.5) is 0 Å². The topological polar surface area (TPSA) is 63.1 Å². The fourth-order valence-electron chi connectivity index (χ4n) is 0.491. The first-order valence-electron chi connectivity index (χ1n) is 2.85. The molecule has 0 aromatic carbocycles. The number of aromatic nitrogens is 2. The Balaban J connectivity index is 2.19. The molecule has 0 aliphatic heterocycles. The van der Waals surface area contributed by atoms with Gasteiger partial charge in [0, 0.05) is 5.75 Å². The molecule has 0 bridgehead atoms. The van der Waals surface area contributed by atoms with Gasteiger partial charge in [-0.1, -0.05) is 0 Å². The summed E-state index contributed by atoms with van der Waals surface area (Å²) in [6.07, 6.45) is 1.65. The maximum absolute atomic E-state index is 10.1. The summed E-state index contributed by atoms with van der Waals surface area (Å²) in [6, 6.07) is 0. The largest absolute Gasteiger partial charge is 0.481 e. The third-order valence-corrected chi connectivity index (χ3v) is 2.35. The molecule has 60 valence electrons. The Hall–Kier alpha value is -0.620. The van der Waals surface area contributed by atoms with Gasteiger partial charge in [0.25, 0.3) is 0 Å². The molecule has 1 heterocycles. The highest BCUT2D eigenvalue weighted by molar-refractivity contribution is 7.99. The smallest absolute Gasteiger partial charge is 0.313 e. The average Bonchev–Trinajstić information content (AvgIpc) is 2.39. The molecule has 0 atom stereocenters. The van der Waals surface area contributed by atoms with Crippen molar-refractivity contribution in [1.29, 1.82) is 0 Å². The predicted octanol–water partition coefficient (Wildman–Crippen LogP) is 0.856. The molecule has 6 heteroatoms. The Kier molecular flexibility index (Phi) is 3.31. The molecule has 0 fully saturated rings. The number of aliphatic carboxylic acids is 1. The van der Waals surface area contributed by atoms with E-state index in [0.717, 1.165) is 17.4 Å². The van der Waals surface area contributed by atoms with E-state index in [4.69, 9.17) is 5.11 Å². The highest BCUT2D eigenvalue weighted by Crippen LogP contribution is 2.08. The van der Waals surface area contributed by atoms with E-state index >= 15 is 0 Å². The minimum absolute atomic E-state index is 0.123. The molecule has 1 rings (SSSR count). The number of carboxylic acids is 1. The number of thioether (sulfide) groups is 1. The summed E-state index contributed by atoms with van der Waals surface area (Å²) >= 11 is 2.46. The van der Waals surface area contributed by atoms with Gasteiger partial charge in [-0.15, -0.1) is 11.8 Å². The first-order valence-corrected chi connectivity index (χ1v) is 4.73. The number of hydrogen-bond donors (Lipinski definition) is 1. The van der Waals surface area contributed by atoms with E-state index in [1.807, 2.05) is 0 Å². The Morgan fingerprint density at radius 1 is 1.82 bits per heavy atom. The molecule has 1 aromatic heterocycles. The van der Waals surface area contributed by atoms with Crippen LogP contribution in [0.2, 0.25) is 0 Å². The molecule has 0 aliphatic carbocycles. The van der Waals surface area contributed by atoms with Gasteiger partial charge in [-0.3, -0.25) is 4.79 Å². The van der Waals surface area contributed by atoms with Crippen LogP contribution in [-0.2, 0) is 10.5 Å². The molecule has 0 spiro atoms. The predicted molar refractivity (Wildman–Crippen MR) is 43.7 cm³/mol. The fraction of sp³-hybridized carbons (Fsp3) is 0.400. The van der Waals surface area contributed by atoms with Crippen molar-refractivity contribution in [2.45, 2.75) is 5.75 Å². The summed E-state index contributed by atoms with van der Waals surface area (Å²) in [5.74, 6) is -0.0430. The zero-order valence-corrected chi connectivity index (χ0v) is 7.19. The van der Waals surface area contributed by atoms with E-state index < -0.39 is 5.97 Å². The molecule has 0 amide bonds. The molecule has 0 saturated heterocycles. The van der Waals surface area contributed by atoms with Crippen molar-refractivity contribution in [3.05, 3.63) is 11.9 Å². The van der Waals surface area contributed by atoms with Crippen LogP contribution < -0.4 is 0 Å². The maximum Gasteiger partial charge on any atom is 0.313 e. The van der Waals surface area contributed by atoms with Crippen molar-refractivity contribution < 1.29 is 9.90 Å². The van der Waals surface area contributed by atoms with Gasteiger partial charge in [-0.2, -0.15) is 8.75 Å². The minimum atomic E-state index is -0.793. The molecule has 4 nitrogen and oxygen atoms in total. The summed E-state index contributed by atoms with van der Waals surface area (Å²) < 4.78 is 7.72. The van der Waals surface area contributed by atoms with Gasteiger partial charge >= 0.3 is 5.97 Å². The van der Waals surface area contributed by atoms with Crippen molar-refractivity contribution in [2.75, 3.05) is 5.75 Å². The molecule has 0 aliphatic rings. The summed E-state index contributed by atoms with van der Waals surface area (Å²) in [6.45, 7) is 0. The third kappa shape index (κ3) is 3.33. The lowest BCUT2D eigenvalue weighted by Gasteiger charge is -1.91. The molecule has 11 heavy (non-hydrogen) atoms. The van der Waals surface area contributed by atoms with Crippen molar-refractivity contribution in [3.63, 3.8) is 0 Å². The standard InChI is InChI=1S/C5H6N2O2S2/c8-5(9)3-10-2-4-1-6-11-7-4/h1H,2-3H2,(H,8,9). The fourth-order valence-corrected chi connectivity index (χ4v) is 1.63. The second kappa shape index (κ2) is 4.30. The van der Waals surface area contributed by atoms with Gasteiger partial charge < -0.3 is 5.11 Å². The van der Waals surface area contributed by atoms with E-state index in [1.165, 1.54) is 11.8 Å². The zero-order chi connectivity index (χ0) is 8.10. The van der Waals surface area contributed by atoms with Gasteiger partial charge in [0.1, 0.15) is 0 Å². The highest BCUT2D eigenvalue weighted by Gasteiger charge is 1.99. The minimum Gasteiger partial charge on any atom is -0.481 e. The van der Waals surface area contributed by atoms with Crippen LogP contribution in [0.5, 0.6) is 0 Å². The lowest BCUT2D eigenvalue weighted by molar-refractivity contribution is -0.133. The van der Waals surface area contributed by atoms with Crippen LogP contribution >= 0.6 is 23.5 Å². The van der Waals surface area contributed by atoms with Crippen LogP contribution in [0.3, 0.4) is 0 Å². The number of hydrogen-bond acceptors (Lipinski definition) is 5. The SMILES string of the molecule is O=C(O)CSCc1cnsn1. The summed E-state index contributed by atoms with van der Waals surface area (Å²) in [7, 11) is 0. The van der Waals surface area contributed by atoms with Crippen molar-refractivity contribution in [2.24, 2.45) is 0 Å². The maximum atomic E-state index is 10.1. The number of nitrogens with zero attached hydrogens (tertiary/aromatic N) is 2. The van der Waals surface area contributed by atoms with E-state index in [0.29, 0.717) is 5.75 Å². The van der Waals surface area contributed by atoms with Crippen LogP contribution in [0.15, 0.2) is 6.20 Å².